The Morgan fingerprint density at radius 1 is 1.39 bits per heavy atom. The number of nitriles is 1. The molecule has 0 aliphatic carbocycles. The number of likely N-dealkylation sites (tertiary alicyclic amines) is 1. The molecule has 0 aromatic carbocycles. The molecule has 31 heavy (non-hydrogen) atoms. The molecule has 1 aliphatic rings. The second-order valence-corrected chi connectivity index (χ2v) is 7.79. The van der Waals surface area contributed by atoms with Gasteiger partial charge in [-0.1, -0.05) is 0 Å². The van der Waals surface area contributed by atoms with Crippen LogP contribution in [-0.2, 0) is 4.79 Å². The monoisotopic (exact) mass is 416 g/mol. The lowest BCUT2D eigenvalue weighted by atomic mass is 10.1. The summed E-state index contributed by atoms with van der Waals surface area (Å²) >= 11 is 0. The second kappa shape index (κ2) is 7.36. The number of H-pyrrole nitrogens is 1. The lowest BCUT2D eigenvalue weighted by Crippen LogP contribution is -2.42. The van der Waals surface area contributed by atoms with E-state index in [1.54, 1.807) is 26.4 Å². The molecule has 1 unspecified atom stereocenters. The number of nitrogens with one attached hydrogen (secondary N) is 1. The van der Waals surface area contributed by atoms with Gasteiger partial charge in [-0.2, -0.15) is 10.4 Å². The molecule has 1 N–H and O–H groups in total. The maximum absolute atomic E-state index is 12.8. The summed E-state index contributed by atoms with van der Waals surface area (Å²) in [7, 11) is 0. The minimum Gasteiger partial charge on any atom is -0.340 e. The van der Waals surface area contributed by atoms with Crippen molar-refractivity contribution in [3.05, 3.63) is 46.8 Å². The summed E-state index contributed by atoms with van der Waals surface area (Å²) in [6.07, 6.45) is 6.55. The second-order valence-electron chi connectivity index (χ2n) is 7.79. The van der Waals surface area contributed by atoms with Crippen LogP contribution < -0.4 is 5.69 Å². The number of rotatable bonds is 3. The molecule has 10 heteroatoms. The fourth-order valence-corrected chi connectivity index (χ4v) is 4.21. The van der Waals surface area contributed by atoms with Crippen molar-refractivity contribution in [3.8, 4) is 17.5 Å². The molecule has 156 valence electrons. The summed E-state index contributed by atoms with van der Waals surface area (Å²) < 4.78 is 3.38. The van der Waals surface area contributed by atoms with Crippen molar-refractivity contribution < 1.29 is 4.79 Å². The first-order valence-corrected chi connectivity index (χ1v) is 10.1. The van der Waals surface area contributed by atoms with E-state index in [0.717, 1.165) is 29.5 Å². The van der Waals surface area contributed by atoms with Gasteiger partial charge in [-0.3, -0.25) is 9.36 Å². The van der Waals surface area contributed by atoms with Crippen LogP contribution in [-0.4, -0.2) is 53.0 Å². The number of nitrogens with zero attached hydrogens (tertiary/aromatic N) is 7. The van der Waals surface area contributed by atoms with Gasteiger partial charge in [0.15, 0.2) is 11.5 Å². The van der Waals surface area contributed by atoms with Crippen LogP contribution in [0.1, 0.15) is 30.9 Å². The molecule has 0 bridgehead atoms. The predicted molar refractivity (Wildman–Crippen MR) is 112 cm³/mol. The van der Waals surface area contributed by atoms with Crippen LogP contribution in [0.25, 0.3) is 28.1 Å². The summed E-state index contributed by atoms with van der Waals surface area (Å²) in [6.45, 7) is 2.98. The Kier molecular flexibility index (Phi) is 4.51. The number of aromatic amines is 1. The Bertz CT molecular complexity index is 1410. The smallest absolute Gasteiger partial charge is 0.328 e. The maximum atomic E-state index is 12.8. The molecule has 1 saturated heterocycles. The van der Waals surface area contributed by atoms with E-state index in [4.69, 9.17) is 10.2 Å². The number of aromatic nitrogens is 6. The quantitative estimate of drug-likeness (QED) is 0.543. The summed E-state index contributed by atoms with van der Waals surface area (Å²) in [6, 6.07) is 5.67. The number of hydrogen-bond donors (Lipinski definition) is 1. The lowest BCUT2D eigenvalue weighted by molar-refractivity contribution is -0.131. The topological polar surface area (TPSA) is 125 Å². The fourth-order valence-electron chi connectivity index (χ4n) is 4.21. The molecule has 0 saturated carbocycles. The van der Waals surface area contributed by atoms with Crippen LogP contribution in [0.4, 0.5) is 0 Å². The first-order chi connectivity index (χ1) is 15.0. The van der Waals surface area contributed by atoms with Crippen molar-refractivity contribution >= 4 is 22.6 Å². The van der Waals surface area contributed by atoms with Gasteiger partial charge in [0.1, 0.15) is 11.9 Å². The van der Waals surface area contributed by atoms with Crippen molar-refractivity contribution in [2.75, 3.05) is 13.1 Å². The first-order valence-electron chi connectivity index (χ1n) is 10.1. The molecule has 1 fully saturated rings. The van der Waals surface area contributed by atoms with Gasteiger partial charge >= 0.3 is 5.69 Å². The fraction of sp³-hybridized carbons (Fsp3) is 0.333. The van der Waals surface area contributed by atoms with Gasteiger partial charge in [-0.25, -0.2) is 19.3 Å². The van der Waals surface area contributed by atoms with Gasteiger partial charge in [0.2, 0.25) is 5.91 Å². The zero-order valence-electron chi connectivity index (χ0n) is 16.9. The lowest BCUT2D eigenvalue weighted by Gasteiger charge is -2.32. The van der Waals surface area contributed by atoms with Gasteiger partial charge in [-0.05, 0) is 37.5 Å². The number of amides is 1. The maximum Gasteiger partial charge on any atom is 0.328 e. The molecular weight excluding hydrogens is 396 g/mol. The molecule has 0 spiro atoms. The van der Waals surface area contributed by atoms with Gasteiger partial charge < -0.3 is 9.88 Å². The molecule has 1 atom stereocenters. The van der Waals surface area contributed by atoms with E-state index in [1.165, 1.54) is 0 Å². The van der Waals surface area contributed by atoms with Gasteiger partial charge in [0.25, 0.3) is 0 Å². The third kappa shape index (κ3) is 3.24. The number of imidazole rings is 1. The van der Waals surface area contributed by atoms with Crippen LogP contribution in [0.2, 0.25) is 0 Å². The third-order valence-corrected chi connectivity index (χ3v) is 5.72. The summed E-state index contributed by atoms with van der Waals surface area (Å²) in [5.41, 5.74) is 3.52. The van der Waals surface area contributed by atoms with E-state index in [0.29, 0.717) is 30.1 Å². The van der Waals surface area contributed by atoms with Crippen molar-refractivity contribution in [1.82, 2.24) is 34.0 Å². The largest absolute Gasteiger partial charge is 0.340 e. The number of fused-ring (bicyclic) bond motifs is 2. The van der Waals surface area contributed by atoms with Crippen LogP contribution in [0.5, 0.6) is 0 Å². The Hall–Kier alpha value is -4.00. The number of piperidine rings is 1. The molecule has 4 aromatic rings. The van der Waals surface area contributed by atoms with Crippen LogP contribution in [0.3, 0.4) is 0 Å². The normalized spacial score (nSPS) is 16.6. The average molecular weight is 416 g/mol. The minimum absolute atomic E-state index is 0.157. The molecule has 5 heterocycles. The van der Waals surface area contributed by atoms with E-state index >= 15 is 0 Å². The summed E-state index contributed by atoms with van der Waals surface area (Å²) in [5.74, 6) is 0.270. The zero-order valence-corrected chi connectivity index (χ0v) is 16.9. The molecule has 4 aromatic heterocycles. The SMILES string of the molecule is Cc1ccn2ncc(-c3ncc4[nH]c(=O)n(C5CCCN(C(=O)CC#N)C5)c4n3)c2c1. The minimum atomic E-state index is -0.281. The van der Waals surface area contributed by atoms with E-state index in [1.807, 2.05) is 31.3 Å². The third-order valence-electron chi connectivity index (χ3n) is 5.72. The van der Waals surface area contributed by atoms with Crippen molar-refractivity contribution in [1.29, 1.82) is 5.26 Å². The Labute approximate surface area is 176 Å². The molecule has 1 aliphatic heterocycles. The van der Waals surface area contributed by atoms with Crippen molar-refractivity contribution in [3.63, 3.8) is 0 Å². The molecule has 10 nitrogen and oxygen atoms in total. The molecule has 5 rings (SSSR count). The summed E-state index contributed by atoms with van der Waals surface area (Å²) in [5, 5.41) is 13.2. The molecule has 0 radical (unpaired) electrons. The highest BCUT2D eigenvalue weighted by Crippen LogP contribution is 2.26. The first kappa shape index (κ1) is 19.0. The van der Waals surface area contributed by atoms with Gasteiger partial charge in [0, 0.05) is 19.3 Å². The highest BCUT2D eigenvalue weighted by Gasteiger charge is 2.27. The van der Waals surface area contributed by atoms with Gasteiger partial charge in [0.05, 0.1) is 35.6 Å². The number of hydrogen-bond acceptors (Lipinski definition) is 6. The predicted octanol–water partition coefficient (Wildman–Crippen LogP) is 1.82. The Morgan fingerprint density at radius 3 is 3.10 bits per heavy atom. The number of pyridine rings is 1. The average Bonchev–Trinajstić information content (AvgIpc) is 3.33. The van der Waals surface area contributed by atoms with Crippen molar-refractivity contribution in [2.45, 2.75) is 32.2 Å². The molecule has 1 amide bonds. The van der Waals surface area contributed by atoms with Crippen LogP contribution in [0.15, 0.2) is 35.5 Å². The zero-order chi connectivity index (χ0) is 21.5. The van der Waals surface area contributed by atoms with E-state index in [2.05, 4.69) is 15.1 Å². The van der Waals surface area contributed by atoms with Crippen LogP contribution >= 0.6 is 0 Å². The number of carbonyl (C=O) groups excluding carboxylic acids is 1. The molecular formula is C21H20N8O2. The number of carbonyl (C=O) groups is 1. The van der Waals surface area contributed by atoms with E-state index in [9.17, 15) is 9.59 Å². The Morgan fingerprint density at radius 2 is 2.26 bits per heavy atom. The van der Waals surface area contributed by atoms with Gasteiger partial charge in [-0.15, -0.1) is 0 Å². The summed E-state index contributed by atoms with van der Waals surface area (Å²) in [4.78, 5) is 38.6. The van der Waals surface area contributed by atoms with E-state index in [-0.39, 0.29) is 24.1 Å². The van der Waals surface area contributed by atoms with E-state index < -0.39 is 0 Å². The Balaban J connectivity index is 1.58. The van der Waals surface area contributed by atoms with Crippen LogP contribution in [0, 0.1) is 18.3 Å². The highest BCUT2D eigenvalue weighted by molar-refractivity contribution is 5.80. The standard InChI is InChI=1S/C21H20N8O2/c1-13-5-8-28-17(9-13)15(10-24-28)19-23-11-16-20(26-19)29(21(31)25-16)14-3-2-7-27(12-14)18(30)4-6-22/h5,8-11,14H,2-4,7,12H2,1H3,(H,25,31). The number of aryl methyl sites for hydroxylation is 1. The van der Waals surface area contributed by atoms with Crippen molar-refractivity contribution in [2.24, 2.45) is 0 Å². The highest BCUT2D eigenvalue weighted by atomic mass is 16.2.